The number of nitrogen functional groups attached to an aromatic ring is 1. The highest BCUT2D eigenvalue weighted by Gasteiger charge is 2.03. The summed E-state index contributed by atoms with van der Waals surface area (Å²) in [6.45, 7) is 1.20. The number of nitrogens with two attached hydrogens (primary N) is 1. The molecule has 0 aliphatic heterocycles. The molecule has 3 nitrogen and oxygen atoms in total. The standard InChI is InChI=1S/C16H19NO2/c1-18-16-8-7-15(17)11-14(16)12-19-10-9-13-5-3-2-4-6-13/h2-8,11H,9-10,12,17H2,1H3. The van der Waals surface area contributed by atoms with Crippen LogP contribution in [-0.2, 0) is 17.8 Å². The molecular weight excluding hydrogens is 238 g/mol. The van der Waals surface area contributed by atoms with Gasteiger partial charge in [0.25, 0.3) is 0 Å². The number of rotatable bonds is 6. The quantitative estimate of drug-likeness (QED) is 0.639. The van der Waals surface area contributed by atoms with Gasteiger partial charge in [-0.25, -0.2) is 0 Å². The van der Waals surface area contributed by atoms with Crippen molar-refractivity contribution in [1.82, 2.24) is 0 Å². The van der Waals surface area contributed by atoms with E-state index >= 15 is 0 Å². The zero-order valence-electron chi connectivity index (χ0n) is 11.1. The monoisotopic (exact) mass is 257 g/mol. The van der Waals surface area contributed by atoms with Crippen LogP contribution in [0.3, 0.4) is 0 Å². The van der Waals surface area contributed by atoms with Crippen LogP contribution in [0.1, 0.15) is 11.1 Å². The predicted octanol–water partition coefficient (Wildman–Crippen LogP) is 3.04. The Morgan fingerprint density at radius 3 is 2.58 bits per heavy atom. The number of methoxy groups -OCH3 is 1. The molecule has 0 spiro atoms. The van der Waals surface area contributed by atoms with Crippen LogP contribution >= 0.6 is 0 Å². The van der Waals surface area contributed by atoms with Gasteiger partial charge in [-0.2, -0.15) is 0 Å². The molecule has 100 valence electrons. The molecule has 0 saturated heterocycles. The molecule has 0 radical (unpaired) electrons. The largest absolute Gasteiger partial charge is 0.496 e. The molecule has 2 N–H and O–H groups in total. The Morgan fingerprint density at radius 2 is 1.84 bits per heavy atom. The lowest BCUT2D eigenvalue weighted by molar-refractivity contribution is 0.122. The Balaban J connectivity index is 1.84. The summed E-state index contributed by atoms with van der Waals surface area (Å²) in [5.41, 5.74) is 8.75. The minimum Gasteiger partial charge on any atom is -0.496 e. The molecule has 3 heteroatoms. The summed E-state index contributed by atoms with van der Waals surface area (Å²) in [4.78, 5) is 0. The normalized spacial score (nSPS) is 10.4. The van der Waals surface area contributed by atoms with E-state index in [4.69, 9.17) is 15.2 Å². The first-order chi connectivity index (χ1) is 9.29. The van der Waals surface area contributed by atoms with E-state index in [0.29, 0.717) is 13.2 Å². The smallest absolute Gasteiger partial charge is 0.124 e. The third kappa shape index (κ3) is 4.00. The third-order valence-corrected chi connectivity index (χ3v) is 2.94. The van der Waals surface area contributed by atoms with Crippen molar-refractivity contribution >= 4 is 5.69 Å². The van der Waals surface area contributed by atoms with Crippen molar-refractivity contribution in [2.45, 2.75) is 13.0 Å². The van der Waals surface area contributed by atoms with Crippen LogP contribution < -0.4 is 10.5 Å². The van der Waals surface area contributed by atoms with Gasteiger partial charge in [-0.3, -0.25) is 0 Å². The van der Waals surface area contributed by atoms with Crippen molar-refractivity contribution < 1.29 is 9.47 Å². The SMILES string of the molecule is COc1ccc(N)cc1COCCc1ccccc1. The van der Waals surface area contributed by atoms with Crippen LogP contribution in [0.15, 0.2) is 48.5 Å². The van der Waals surface area contributed by atoms with Gasteiger partial charge >= 0.3 is 0 Å². The summed E-state index contributed by atoms with van der Waals surface area (Å²) >= 11 is 0. The van der Waals surface area contributed by atoms with Gasteiger partial charge in [0.2, 0.25) is 0 Å². The van der Waals surface area contributed by atoms with Gasteiger partial charge in [0, 0.05) is 11.3 Å². The van der Waals surface area contributed by atoms with Crippen molar-refractivity contribution in [2.24, 2.45) is 0 Å². The van der Waals surface area contributed by atoms with E-state index in [-0.39, 0.29) is 0 Å². The molecule has 0 atom stereocenters. The summed E-state index contributed by atoms with van der Waals surface area (Å²) < 4.78 is 11.0. The summed E-state index contributed by atoms with van der Waals surface area (Å²) in [7, 11) is 1.65. The summed E-state index contributed by atoms with van der Waals surface area (Å²) in [5.74, 6) is 0.814. The van der Waals surface area contributed by atoms with Crippen molar-refractivity contribution in [1.29, 1.82) is 0 Å². The molecule has 0 saturated carbocycles. The molecule has 0 amide bonds. The molecule has 0 aliphatic rings. The Kier molecular flexibility index (Phi) is 4.81. The lowest BCUT2D eigenvalue weighted by atomic mass is 10.1. The van der Waals surface area contributed by atoms with Gasteiger partial charge in [0.15, 0.2) is 0 Å². The highest BCUT2D eigenvalue weighted by Crippen LogP contribution is 2.21. The Hall–Kier alpha value is -2.00. The summed E-state index contributed by atoms with van der Waals surface area (Å²) in [6, 6.07) is 15.9. The second-order valence-corrected chi connectivity index (χ2v) is 4.36. The second-order valence-electron chi connectivity index (χ2n) is 4.36. The van der Waals surface area contributed by atoms with Crippen LogP contribution in [0.4, 0.5) is 5.69 Å². The number of ether oxygens (including phenoxy) is 2. The molecule has 2 aromatic rings. The first-order valence-electron chi connectivity index (χ1n) is 6.33. The maximum absolute atomic E-state index is 5.77. The molecule has 0 aromatic heterocycles. The van der Waals surface area contributed by atoms with E-state index in [0.717, 1.165) is 23.4 Å². The van der Waals surface area contributed by atoms with Gasteiger partial charge in [-0.15, -0.1) is 0 Å². The lowest BCUT2D eigenvalue weighted by Gasteiger charge is -2.10. The predicted molar refractivity (Wildman–Crippen MR) is 77.2 cm³/mol. The first kappa shape index (κ1) is 13.4. The minimum atomic E-state index is 0.515. The van der Waals surface area contributed by atoms with Gasteiger partial charge in [-0.1, -0.05) is 30.3 Å². The van der Waals surface area contributed by atoms with E-state index in [1.54, 1.807) is 7.11 Å². The molecule has 0 aliphatic carbocycles. The number of hydrogen-bond donors (Lipinski definition) is 1. The zero-order valence-corrected chi connectivity index (χ0v) is 11.1. The summed E-state index contributed by atoms with van der Waals surface area (Å²) in [6.07, 6.45) is 0.908. The number of anilines is 1. The highest BCUT2D eigenvalue weighted by atomic mass is 16.5. The minimum absolute atomic E-state index is 0.515. The van der Waals surface area contributed by atoms with E-state index in [1.807, 2.05) is 36.4 Å². The zero-order chi connectivity index (χ0) is 13.5. The van der Waals surface area contributed by atoms with E-state index < -0.39 is 0 Å². The van der Waals surface area contributed by atoms with Crippen LogP contribution in [0.5, 0.6) is 5.75 Å². The molecule has 0 bridgehead atoms. The fourth-order valence-electron chi connectivity index (χ4n) is 1.93. The van der Waals surface area contributed by atoms with Crippen molar-refractivity contribution in [3.63, 3.8) is 0 Å². The van der Waals surface area contributed by atoms with Crippen LogP contribution in [0, 0.1) is 0 Å². The molecule has 0 unspecified atom stereocenters. The van der Waals surface area contributed by atoms with Crippen LogP contribution in [0.25, 0.3) is 0 Å². The van der Waals surface area contributed by atoms with E-state index in [2.05, 4.69) is 12.1 Å². The second kappa shape index (κ2) is 6.81. The van der Waals surface area contributed by atoms with Crippen LogP contribution in [0.2, 0.25) is 0 Å². The van der Waals surface area contributed by atoms with Crippen LogP contribution in [-0.4, -0.2) is 13.7 Å². The van der Waals surface area contributed by atoms with Gasteiger partial charge < -0.3 is 15.2 Å². The van der Waals surface area contributed by atoms with Gasteiger partial charge in [0.1, 0.15) is 5.75 Å². The molecule has 2 aromatic carbocycles. The molecule has 19 heavy (non-hydrogen) atoms. The van der Waals surface area contributed by atoms with Gasteiger partial charge in [0.05, 0.1) is 20.3 Å². The number of benzene rings is 2. The Bertz CT molecular complexity index is 511. The first-order valence-corrected chi connectivity index (χ1v) is 6.33. The Labute approximate surface area is 114 Å². The third-order valence-electron chi connectivity index (χ3n) is 2.94. The number of hydrogen-bond acceptors (Lipinski definition) is 3. The maximum atomic E-state index is 5.77. The molecule has 2 rings (SSSR count). The van der Waals surface area contributed by atoms with Crippen molar-refractivity contribution in [3.8, 4) is 5.75 Å². The highest BCUT2D eigenvalue weighted by molar-refractivity contribution is 5.47. The van der Waals surface area contributed by atoms with Crippen molar-refractivity contribution in [3.05, 3.63) is 59.7 Å². The Morgan fingerprint density at radius 1 is 1.05 bits per heavy atom. The fourth-order valence-corrected chi connectivity index (χ4v) is 1.93. The topological polar surface area (TPSA) is 44.5 Å². The molecule has 0 heterocycles. The van der Waals surface area contributed by atoms with Crippen molar-refractivity contribution in [2.75, 3.05) is 19.5 Å². The maximum Gasteiger partial charge on any atom is 0.124 e. The lowest BCUT2D eigenvalue weighted by Crippen LogP contribution is -2.01. The molecule has 0 fully saturated rings. The fraction of sp³-hybridized carbons (Fsp3) is 0.250. The summed E-state index contributed by atoms with van der Waals surface area (Å²) in [5, 5.41) is 0. The average molecular weight is 257 g/mol. The van der Waals surface area contributed by atoms with E-state index in [1.165, 1.54) is 5.56 Å². The van der Waals surface area contributed by atoms with Gasteiger partial charge in [-0.05, 0) is 30.2 Å². The average Bonchev–Trinajstić information content (AvgIpc) is 2.45. The molecular formula is C16H19NO2. The van der Waals surface area contributed by atoms with E-state index in [9.17, 15) is 0 Å².